The number of fused-ring (bicyclic) bond motifs is 9. The minimum absolute atomic E-state index is 1.08. The standard InChI is InChI=1S/C24H14Br2N2.C12H8BrN.S6.S5/c25-19-11-5-9-17-15-7-1-3-13-21(15)27(23(17)19)28-22-14-4-2-8-16(22)18-10-6-12-20(26)24(18)28;13-10-6-3-5-9-8-4-1-2-7-11(8)14-12(9)10;1-3-5-6-4-2;1-3-5-4-2/h1-14H;1-7,14H;;. The number of para-hydroxylation sites is 6. The monoisotopic (exact) mass is 1080 g/mol. The van der Waals surface area contributed by atoms with Gasteiger partial charge in [0.05, 0.1) is 27.6 Å². The summed E-state index contributed by atoms with van der Waals surface area (Å²) in [5.74, 6) is 0. The lowest BCUT2D eigenvalue weighted by molar-refractivity contribution is 0.772. The fourth-order valence-electron chi connectivity index (χ4n) is 6.20. The highest BCUT2D eigenvalue weighted by Gasteiger charge is 2.19. The van der Waals surface area contributed by atoms with E-state index in [0.29, 0.717) is 0 Å². The van der Waals surface area contributed by atoms with Crippen LogP contribution >= 0.6 is 47.8 Å². The van der Waals surface area contributed by atoms with Gasteiger partial charge < -0.3 is 4.98 Å². The molecule has 0 aliphatic carbocycles. The number of hydrogen-bond donors (Lipinski definition) is 1. The van der Waals surface area contributed by atoms with Gasteiger partial charge in [0.25, 0.3) is 0 Å². The van der Waals surface area contributed by atoms with Gasteiger partial charge in [-0.2, -0.15) is 0 Å². The summed E-state index contributed by atoms with van der Waals surface area (Å²) in [6, 6.07) is 44.6. The van der Waals surface area contributed by atoms with Crippen molar-refractivity contribution in [1.29, 1.82) is 0 Å². The van der Waals surface area contributed by atoms with Crippen molar-refractivity contribution < 1.29 is 0 Å². The zero-order valence-corrected chi connectivity index (χ0v) is 40.4. The van der Waals surface area contributed by atoms with E-state index in [0.717, 1.165) is 13.4 Å². The molecule has 0 bridgehead atoms. The van der Waals surface area contributed by atoms with Gasteiger partial charge in [-0.05, 0) is 84.2 Å². The minimum Gasteiger partial charge on any atom is -0.354 e. The predicted octanol–water partition coefficient (Wildman–Crippen LogP) is 11.8. The van der Waals surface area contributed by atoms with E-state index in [1.165, 1.54) is 128 Å². The second-order valence-corrected chi connectivity index (χ2v) is 25.7. The quantitative estimate of drug-likeness (QED) is 0.177. The first kappa shape index (κ1) is 41.2. The fraction of sp³-hybridized carbons (Fsp3) is 0. The van der Waals surface area contributed by atoms with Crippen LogP contribution in [-0.2, 0) is 107 Å². The Labute approximate surface area is 370 Å². The molecule has 9 rings (SSSR count). The number of benzene rings is 6. The molecule has 0 spiro atoms. The lowest BCUT2D eigenvalue weighted by atomic mass is 10.2. The van der Waals surface area contributed by atoms with Gasteiger partial charge in [0.2, 0.25) is 0 Å². The molecule has 0 saturated carbocycles. The second kappa shape index (κ2) is 20.1. The highest BCUT2D eigenvalue weighted by atomic mass is 79.9. The van der Waals surface area contributed by atoms with Crippen molar-refractivity contribution in [1.82, 2.24) is 14.3 Å². The molecule has 6 aromatic carbocycles. The number of aromatic nitrogens is 3. The number of nitrogens with zero attached hydrogens (tertiary/aromatic N) is 2. The largest absolute Gasteiger partial charge is 0.354 e. The van der Waals surface area contributed by atoms with Crippen molar-refractivity contribution in [3.05, 3.63) is 141 Å². The van der Waals surface area contributed by atoms with E-state index in [4.69, 9.17) is 0 Å². The van der Waals surface area contributed by atoms with Crippen molar-refractivity contribution in [3.8, 4) is 0 Å². The summed E-state index contributed by atoms with van der Waals surface area (Å²) in [4.78, 5) is 3.40. The maximum Gasteiger partial charge on any atom is 0.0858 e. The molecule has 17 heteroatoms. The van der Waals surface area contributed by atoms with Crippen LogP contribution < -0.4 is 0 Å². The molecular formula is C36H22Br3N3S11. The third-order valence-electron chi connectivity index (χ3n) is 8.07. The van der Waals surface area contributed by atoms with Crippen LogP contribution in [0.3, 0.4) is 0 Å². The molecule has 0 aliphatic rings. The van der Waals surface area contributed by atoms with Crippen molar-refractivity contribution in [2.45, 2.75) is 0 Å². The Hall–Kier alpha value is -1.42. The molecule has 0 aliphatic heterocycles. The molecule has 268 valence electrons. The van der Waals surface area contributed by atoms with E-state index < -0.39 is 0 Å². The van der Waals surface area contributed by atoms with Crippen LogP contribution in [0.5, 0.6) is 0 Å². The summed E-state index contributed by atoms with van der Waals surface area (Å²) in [5, 5.41) is 7.53. The number of aromatic amines is 1. The smallest absolute Gasteiger partial charge is 0.0858 e. The predicted molar refractivity (Wildman–Crippen MR) is 270 cm³/mol. The van der Waals surface area contributed by atoms with E-state index >= 15 is 0 Å². The van der Waals surface area contributed by atoms with Gasteiger partial charge in [-0.25, -0.2) is 9.35 Å². The third-order valence-corrected chi connectivity index (χ3v) is 21.1. The van der Waals surface area contributed by atoms with Crippen LogP contribution in [0.15, 0.2) is 141 Å². The highest BCUT2D eigenvalue weighted by Crippen LogP contribution is 2.39. The van der Waals surface area contributed by atoms with Crippen molar-refractivity contribution in [3.63, 3.8) is 0 Å². The molecule has 0 saturated heterocycles. The van der Waals surface area contributed by atoms with Crippen molar-refractivity contribution in [2.24, 2.45) is 0 Å². The molecule has 3 nitrogen and oxygen atoms in total. The summed E-state index contributed by atoms with van der Waals surface area (Å²) < 4.78 is 7.96. The van der Waals surface area contributed by atoms with E-state index in [1.807, 2.05) is 6.07 Å². The Balaban J connectivity index is 0.000000159. The summed E-state index contributed by atoms with van der Waals surface area (Å²) in [6.07, 6.45) is 0. The van der Waals surface area contributed by atoms with Crippen LogP contribution in [0.1, 0.15) is 0 Å². The molecule has 9 aromatic rings. The molecule has 0 radical (unpaired) electrons. The molecular weight excluding hydrogens is 1070 g/mol. The van der Waals surface area contributed by atoms with Gasteiger partial charge >= 0.3 is 0 Å². The number of hydrogen-bond acceptors (Lipinski definition) is 4. The molecule has 0 fully saturated rings. The SMILES string of the molecule is Brc1cccc2c1[nH]c1ccccc12.Brc1cccc2c3ccccc3n(-n3c4ccccc4c4cccc(Br)c43)c12.S=S=S=S=S.S=S=S=S=S=S. The summed E-state index contributed by atoms with van der Waals surface area (Å²) in [5.41, 5.74) is 7.07. The highest BCUT2D eigenvalue weighted by molar-refractivity contribution is 9.11. The average molecular weight is 1090 g/mol. The van der Waals surface area contributed by atoms with Crippen LogP contribution in [0.4, 0.5) is 0 Å². The normalized spacial score (nSPS) is 10.5. The molecule has 0 amide bonds. The first-order valence-electron chi connectivity index (χ1n) is 15.1. The maximum atomic E-state index is 4.52. The van der Waals surface area contributed by atoms with Crippen LogP contribution in [0.2, 0.25) is 0 Å². The number of H-pyrrole nitrogens is 1. The second-order valence-electron chi connectivity index (χ2n) is 10.7. The third kappa shape index (κ3) is 9.09. The van der Waals surface area contributed by atoms with Crippen molar-refractivity contribution >= 4 is 220 Å². The van der Waals surface area contributed by atoms with E-state index in [1.54, 1.807) is 0 Å². The van der Waals surface area contributed by atoms with E-state index in [2.05, 4.69) is 228 Å². The number of nitrogens with one attached hydrogen (secondary N) is 1. The molecule has 0 atom stereocenters. The number of rotatable bonds is 1. The van der Waals surface area contributed by atoms with Gasteiger partial charge in [0.15, 0.2) is 0 Å². The molecule has 0 unspecified atom stereocenters. The van der Waals surface area contributed by atoms with Gasteiger partial charge in [0.1, 0.15) is 0 Å². The van der Waals surface area contributed by atoms with Crippen LogP contribution in [-0.4, -0.2) is 14.3 Å². The molecule has 53 heavy (non-hydrogen) atoms. The fourth-order valence-corrected chi connectivity index (χ4v) is 16.0. The Bertz CT molecular complexity index is 2960. The van der Waals surface area contributed by atoms with Gasteiger partial charge in [-0.3, -0.25) is 0 Å². The first-order chi connectivity index (χ1) is 25.9. The Morgan fingerprint density at radius 2 is 0.792 bits per heavy atom. The molecule has 3 aromatic heterocycles. The summed E-state index contributed by atoms with van der Waals surface area (Å²) >= 11 is 29.1. The van der Waals surface area contributed by atoms with Crippen molar-refractivity contribution in [2.75, 3.05) is 0 Å². The Kier molecular flexibility index (Phi) is 15.7. The van der Waals surface area contributed by atoms with E-state index in [9.17, 15) is 0 Å². The minimum atomic E-state index is 1.08. The van der Waals surface area contributed by atoms with Gasteiger partial charge in [0, 0.05) is 158 Å². The Morgan fingerprint density at radius 3 is 1.26 bits per heavy atom. The molecule has 3 heterocycles. The Morgan fingerprint density at radius 1 is 0.396 bits per heavy atom. The lowest BCUT2D eigenvalue weighted by Gasteiger charge is -2.14. The van der Waals surface area contributed by atoms with Crippen LogP contribution in [0.25, 0.3) is 65.4 Å². The zero-order valence-electron chi connectivity index (χ0n) is 26.6. The average Bonchev–Trinajstić information content (AvgIpc) is 3.85. The summed E-state index contributed by atoms with van der Waals surface area (Å²) in [6.45, 7) is 0. The topological polar surface area (TPSA) is 25.6 Å². The van der Waals surface area contributed by atoms with Gasteiger partial charge in [-0.1, -0.05) is 91.0 Å². The number of halogens is 3. The molecule has 1 N–H and O–H groups in total. The first-order valence-corrected chi connectivity index (χ1v) is 29.5. The van der Waals surface area contributed by atoms with Crippen LogP contribution in [0, 0.1) is 0 Å². The van der Waals surface area contributed by atoms with Gasteiger partial charge in [-0.15, -0.1) is 0 Å². The summed E-state index contributed by atoms with van der Waals surface area (Å²) in [7, 11) is 9.58. The maximum absolute atomic E-state index is 4.52. The zero-order chi connectivity index (χ0) is 37.3. The lowest BCUT2D eigenvalue weighted by Crippen LogP contribution is -2.09. The van der Waals surface area contributed by atoms with E-state index in [-0.39, 0.29) is 0 Å².